The van der Waals surface area contributed by atoms with Gasteiger partial charge in [0.2, 0.25) is 5.91 Å². The number of carbonyl (C=O) groups is 1. The van der Waals surface area contributed by atoms with Crippen LogP contribution in [0.15, 0.2) is 77.4 Å². The third kappa shape index (κ3) is 4.64. The number of aryl methyl sites for hydroxylation is 1. The number of para-hydroxylation sites is 1. The van der Waals surface area contributed by atoms with Crippen LogP contribution < -0.4 is 5.32 Å². The van der Waals surface area contributed by atoms with Gasteiger partial charge in [-0.2, -0.15) is 5.10 Å². The fraction of sp³-hybridized carbons (Fsp3) is 0.174. The number of anilines is 1. The number of amides is 1. The molecule has 0 atom stereocenters. The second kappa shape index (κ2) is 8.75. The third-order valence-electron chi connectivity index (χ3n) is 4.61. The average molecular weight is 401 g/mol. The van der Waals surface area contributed by atoms with Crippen molar-refractivity contribution in [2.24, 2.45) is 0 Å². The first-order valence-corrected chi connectivity index (χ1v) is 9.69. The van der Waals surface area contributed by atoms with Gasteiger partial charge in [0, 0.05) is 29.9 Å². The smallest absolute Gasteiger partial charge is 0.239 e. The normalized spacial score (nSPS) is 11.0. The van der Waals surface area contributed by atoms with E-state index in [4.69, 9.17) is 9.62 Å². The summed E-state index contributed by atoms with van der Waals surface area (Å²) >= 11 is 0. The van der Waals surface area contributed by atoms with Crippen molar-refractivity contribution in [3.8, 4) is 16.9 Å². The van der Waals surface area contributed by atoms with E-state index in [-0.39, 0.29) is 12.5 Å². The highest BCUT2D eigenvalue weighted by molar-refractivity contribution is 5.91. The molecule has 0 bridgehead atoms. The zero-order valence-electron chi connectivity index (χ0n) is 16.9. The van der Waals surface area contributed by atoms with Crippen molar-refractivity contribution in [1.29, 1.82) is 0 Å². The minimum Gasteiger partial charge on any atom is -0.360 e. The van der Waals surface area contributed by atoms with Crippen LogP contribution in [-0.4, -0.2) is 39.3 Å². The summed E-state index contributed by atoms with van der Waals surface area (Å²) in [5.74, 6) is 0.926. The summed E-state index contributed by atoms with van der Waals surface area (Å²) in [4.78, 5) is 14.3. The maximum absolute atomic E-state index is 12.3. The Bertz CT molecular complexity index is 1120. The summed E-state index contributed by atoms with van der Waals surface area (Å²) in [6.45, 7) is 2.57. The minimum absolute atomic E-state index is 0.150. The third-order valence-corrected chi connectivity index (χ3v) is 4.61. The molecule has 0 fully saturated rings. The Hall–Kier alpha value is -3.71. The van der Waals surface area contributed by atoms with Crippen LogP contribution in [0.4, 0.5) is 5.82 Å². The van der Waals surface area contributed by atoms with Gasteiger partial charge in [0.1, 0.15) is 5.76 Å². The highest BCUT2D eigenvalue weighted by Crippen LogP contribution is 2.24. The Kier molecular flexibility index (Phi) is 5.72. The van der Waals surface area contributed by atoms with Crippen molar-refractivity contribution >= 4 is 11.7 Å². The van der Waals surface area contributed by atoms with Gasteiger partial charge in [0.05, 0.1) is 17.9 Å². The number of rotatable bonds is 7. The molecule has 0 aliphatic heterocycles. The summed E-state index contributed by atoms with van der Waals surface area (Å²) < 4.78 is 6.86. The monoisotopic (exact) mass is 401 g/mol. The highest BCUT2D eigenvalue weighted by atomic mass is 16.5. The maximum Gasteiger partial charge on any atom is 0.239 e. The lowest BCUT2D eigenvalue weighted by atomic mass is 10.1. The Morgan fingerprint density at radius 2 is 1.80 bits per heavy atom. The fourth-order valence-corrected chi connectivity index (χ4v) is 3.28. The van der Waals surface area contributed by atoms with E-state index in [2.05, 4.69) is 10.5 Å². The molecule has 0 saturated heterocycles. The van der Waals surface area contributed by atoms with Crippen molar-refractivity contribution < 1.29 is 9.32 Å². The topological polar surface area (TPSA) is 76.2 Å². The van der Waals surface area contributed by atoms with Gasteiger partial charge < -0.3 is 9.84 Å². The van der Waals surface area contributed by atoms with Gasteiger partial charge in [-0.05, 0) is 26.1 Å². The number of likely N-dealkylation sites (N-methyl/N-ethyl adjacent to an activating group) is 1. The van der Waals surface area contributed by atoms with E-state index >= 15 is 0 Å². The van der Waals surface area contributed by atoms with E-state index in [1.54, 1.807) is 13.0 Å². The van der Waals surface area contributed by atoms with Gasteiger partial charge in [-0.1, -0.05) is 53.7 Å². The van der Waals surface area contributed by atoms with Gasteiger partial charge in [0.25, 0.3) is 0 Å². The summed E-state index contributed by atoms with van der Waals surface area (Å²) in [5, 5.41) is 11.4. The van der Waals surface area contributed by atoms with E-state index < -0.39 is 0 Å². The van der Waals surface area contributed by atoms with Crippen LogP contribution in [0.5, 0.6) is 0 Å². The quantitative estimate of drug-likeness (QED) is 0.508. The van der Waals surface area contributed by atoms with Crippen LogP contribution >= 0.6 is 0 Å². The lowest BCUT2D eigenvalue weighted by Crippen LogP contribution is -2.30. The van der Waals surface area contributed by atoms with E-state index in [1.807, 2.05) is 83.5 Å². The van der Waals surface area contributed by atoms with Crippen LogP contribution in [0.1, 0.15) is 11.3 Å². The molecule has 4 rings (SSSR count). The van der Waals surface area contributed by atoms with E-state index in [0.29, 0.717) is 18.1 Å². The predicted octanol–water partition coefficient (Wildman–Crippen LogP) is 3.91. The number of carbonyl (C=O) groups excluding carboxylic acids is 1. The molecular formula is C23H23N5O2. The van der Waals surface area contributed by atoms with Gasteiger partial charge in [-0.15, -0.1) is 0 Å². The first-order valence-electron chi connectivity index (χ1n) is 9.69. The molecule has 152 valence electrons. The van der Waals surface area contributed by atoms with Crippen LogP contribution in [0.2, 0.25) is 0 Å². The number of nitrogens with one attached hydrogen (secondary N) is 1. The molecule has 1 amide bonds. The highest BCUT2D eigenvalue weighted by Gasteiger charge is 2.16. The molecule has 0 aliphatic carbocycles. The van der Waals surface area contributed by atoms with Gasteiger partial charge in [0.15, 0.2) is 5.82 Å². The van der Waals surface area contributed by atoms with Gasteiger partial charge in [-0.25, -0.2) is 4.68 Å². The summed E-state index contributed by atoms with van der Waals surface area (Å²) in [7, 11) is 1.91. The molecule has 4 aromatic rings. The molecule has 0 unspecified atom stereocenters. The summed E-state index contributed by atoms with van der Waals surface area (Å²) in [6.07, 6.45) is 2.02. The lowest BCUT2D eigenvalue weighted by molar-refractivity contribution is -0.117. The molecular weight excluding hydrogens is 378 g/mol. The SMILES string of the molecule is Cc1cc(NC(=O)CN(C)Cc2cn(-c3ccccc3)nc2-c2ccccc2)no1. The van der Waals surface area contributed by atoms with E-state index in [1.165, 1.54) is 0 Å². The molecule has 0 aliphatic rings. The Morgan fingerprint density at radius 1 is 1.10 bits per heavy atom. The largest absolute Gasteiger partial charge is 0.360 e. The first kappa shape index (κ1) is 19.6. The van der Waals surface area contributed by atoms with E-state index in [9.17, 15) is 4.79 Å². The van der Waals surface area contributed by atoms with E-state index in [0.717, 1.165) is 22.5 Å². The number of benzene rings is 2. The molecule has 7 heteroatoms. The second-order valence-corrected chi connectivity index (χ2v) is 7.19. The number of aromatic nitrogens is 3. The van der Waals surface area contributed by atoms with Crippen molar-refractivity contribution in [3.05, 3.63) is 84.3 Å². The molecule has 0 radical (unpaired) electrons. The summed E-state index contributed by atoms with van der Waals surface area (Å²) in [6, 6.07) is 21.7. The van der Waals surface area contributed by atoms with Crippen molar-refractivity contribution in [2.45, 2.75) is 13.5 Å². The van der Waals surface area contributed by atoms with Crippen molar-refractivity contribution in [2.75, 3.05) is 18.9 Å². The van der Waals surface area contributed by atoms with Gasteiger partial charge in [-0.3, -0.25) is 9.69 Å². The zero-order chi connectivity index (χ0) is 20.9. The van der Waals surface area contributed by atoms with Crippen molar-refractivity contribution in [1.82, 2.24) is 19.8 Å². The molecule has 2 heterocycles. The Labute approximate surface area is 174 Å². The standard InChI is InChI=1S/C23H23N5O2/c1-17-13-21(26-30-17)24-22(29)16-27(2)14-19-15-28(20-11-7-4-8-12-20)25-23(19)18-9-5-3-6-10-18/h3-13,15H,14,16H2,1-2H3,(H,24,26,29). The van der Waals surface area contributed by atoms with Crippen LogP contribution in [0.25, 0.3) is 16.9 Å². The zero-order valence-corrected chi connectivity index (χ0v) is 16.9. The second-order valence-electron chi connectivity index (χ2n) is 7.19. The lowest BCUT2D eigenvalue weighted by Gasteiger charge is -2.15. The number of nitrogens with zero attached hydrogens (tertiary/aromatic N) is 4. The molecule has 0 spiro atoms. The number of hydrogen-bond acceptors (Lipinski definition) is 5. The molecule has 2 aromatic carbocycles. The minimum atomic E-state index is -0.150. The van der Waals surface area contributed by atoms with Crippen LogP contribution in [0.3, 0.4) is 0 Å². The molecule has 30 heavy (non-hydrogen) atoms. The van der Waals surface area contributed by atoms with Crippen molar-refractivity contribution in [3.63, 3.8) is 0 Å². The Morgan fingerprint density at radius 3 is 2.47 bits per heavy atom. The molecule has 0 saturated carbocycles. The average Bonchev–Trinajstić information content (AvgIpc) is 3.35. The van der Waals surface area contributed by atoms with Crippen LogP contribution in [-0.2, 0) is 11.3 Å². The predicted molar refractivity (Wildman–Crippen MR) is 115 cm³/mol. The molecule has 1 N–H and O–H groups in total. The number of hydrogen-bond donors (Lipinski definition) is 1. The summed E-state index contributed by atoms with van der Waals surface area (Å²) in [5.41, 5.74) is 3.97. The fourth-order valence-electron chi connectivity index (χ4n) is 3.28. The molecule has 2 aromatic heterocycles. The molecule has 7 nitrogen and oxygen atoms in total. The Balaban J connectivity index is 1.53. The first-order chi connectivity index (χ1) is 14.6. The van der Waals surface area contributed by atoms with Crippen LogP contribution in [0, 0.1) is 6.92 Å². The van der Waals surface area contributed by atoms with Gasteiger partial charge >= 0.3 is 0 Å². The maximum atomic E-state index is 12.3.